The Kier molecular flexibility index (Phi) is 5.12. The van der Waals surface area contributed by atoms with Crippen LogP contribution in [0, 0.1) is 28.6 Å². The van der Waals surface area contributed by atoms with E-state index in [1.807, 2.05) is 0 Å². The summed E-state index contributed by atoms with van der Waals surface area (Å²) in [5, 5.41) is 25.8. The van der Waals surface area contributed by atoms with Crippen molar-refractivity contribution in [3.63, 3.8) is 0 Å². The van der Waals surface area contributed by atoms with Crippen LogP contribution in [0.15, 0.2) is 0 Å². The van der Waals surface area contributed by atoms with Gasteiger partial charge in [0, 0.05) is 5.92 Å². The summed E-state index contributed by atoms with van der Waals surface area (Å²) in [6.07, 6.45) is 8.50. The summed E-state index contributed by atoms with van der Waals surface area (Å²) in [5.41, 5.74) is 1.28. The van der Waals surface area contributed by atoms with Crippen molar-refractivity contribution in [2.75, 3.05) is 0 Å². The summed E-state index contributed by atoms with van der Waals surface area (Å²) < 4.78 is 1.61. The first-order valence-corrected chi connectivity index (χ1v) is 7.50. The van der Waals surface area contributed by atoms with Crippen LogP contribution in [0.25, 0.3) is 0 Å². The Bertz CT molecular complexity index is 511. The van der Waals surface area contributed by atoms with Gasteiger partial charge in [0.25, 0.3) is 0 Å². The highest BCUT2D eigenvalue weighted by Gasteiger charge is 2.27. The van der Waals surface area contributed by atoms with E-state index in [0.717, 1.165) is 24.5 Å². The molecular formula is C15H21N5. The Morgan fingerprint density at radius 3 is 2.60 bits per heavy atom. The van der Waals surface area contributed by atoms with Gasteiger partial charge in [-0.15, -0.1) is 5.10 Å². The maximum atomic E-state index is 9.15. The van der Waals surface area contributed by atoms with Crippen LogP contribution in [0.4, 0.5) is 0 Å². The average Bonchev–Trinajstić information content (AvgIpc) is 2.89. The Labute approximate surface area is 120 Å². The van der Waals surface area contributed by atoms with Gasteiger partial charge < -0.3 is 0 Å². The summed E-state index contributed by atoms with van der Waals surface area (Å²) in [5.74, 6) is 1.17. The quantitative estimate of drug-likeness (QED) is 0.824. The Hall–Kier alpha value is -1.88. The molecule has 1 aromatic rings. The smallest absolute Gasteiger partial charge is 0.186 e. The zero-order valence-electron chi connectivity index (χ0n) is 12.0. The van der Waals surface area contributed by atoms with Gasteiger partial charge in [0.2, 0.25) is 0 Å². The first-order valence-electron chi connectivity index (χ1n) is 7.50. The molecule has 0 amide bonds. The molecule has 0 bridgehead atoms. The monoisotopic (exact) mass is 271 g/mol. The summed E-state index contributed by atoms with van der Waals surface area (Å²) >= 11 is 0. The van der Waals surface area contributed by atoms with Crippen LogP contribution < -0.4 is 0 Å². The van der Waals surface area contributed by atoms with Gasteiger partial charge in [0.05, 0.1) is 11.8 Å². The van der Waals surface area contributed by atoms with Crippen molar-refractivity contribution in [3.8, 4) is 12.1 Å². The van der Waals surface area contributed by atoms with Crippen LogP contribution in [0.3, 0.4) is 0 Å². The maximum absolute atomic E-state index is 9.15. The Morgan fingerprint density at radius 1 is 1.25 bits per heavy atom. The molecule has 5 nitrogen and oxygen atoms in total. The van der Waals surface area contributed by atoms with Crippen molar-refractivity contribution >= 4 is 0 Å². The van der Waals surface area contributed by atoms with Crippen molar-refractivity contribution in [1.82, 2.24) is 15.0 Å². The minimum Gasteiger partial charge on any atom is -0.234 e. The second-order valence-corrected chi connectivity index (χ2v) is 5.61. The predicted octanol–water partition coefficient (Wildman–Crippen LogP) is 3.14. The van der Waals surface area contributed by atoms with Crippen LogP contribution in [0.5, 0.6) is 0 Å². The molecule has 1 heterocycles. The fraction of sp³-hybridized carbons (Fsp3) is 0.733. The fourth-order valence-corrected chi connectivity index (χ4v) is 3.21. The first kappa shape index (κ1) is 14.5. The summed E-state index contributed by atoms with van der Waals surface area (Å²) in [6, 6.07) is 4.20. The normalized spacial score (nSPS) is 22.1. The predicted molar refractivity (Wildman–Crippen MR) is 74.6 cm³/mol. The van der Waals surface area contributed by atoms with E-state index in [9.17, 15) is 0 Å². The lowest BCUT2D eigenvalue weighted by Gasteiger charge is -2.28. The lowest BCUT2D eigenvalue weighted by molar-refractivity contribution is 0.297. The molecule has 0 unspecified atom stereocenters. The van der Waals surface area contributed by atoms with Gasteiger partial charge in [-0.3, -0.25) is 0 Å². The number of nitrogens with zero attached hydrogens (tertiary/aromatic N) is 5. The molecule has 0 spiro atoms. The number of hydrogen-bond acceptors (Lipinski definition) is 4. The Morgan fingerprint density at radius 2 is 2.00 bits per heavy atom. The third-order valence-corrected chi connectivity index (χ3v) is 4.30. The van der Waals surface area contributed by atoms with E-state index in [1.165, 1.54) is 32.1 Å². The highest BCUT2D eigenvalue weighted by Crippen LogP contribution is 2.38. The molecule has 2 rings (SSSR count). The van der Waals surface area contributed by atoms with E-state index in [2.05, 4.69) is 29.4 Å². The van der Waals surface area contributed by atoms with Gasteiger partial charge in [0.15, 0.2) is 5.69 Å². The van der Waals surface area contributed by atoms with Gasteiger partial charge in [-0.05, 0) is 31.6 Å². The van der Waals surface area contributed by atoms with E-state index in [-0.39, 0.29) is 6.54 Å². The molecule has 1 fully saturated rings. The third kappa shape index (κ3) is 3.17. The van der Waals surface area contributed by atoms with Crippen LogP contribution in [-0.2, 0) is 6.54 Å². The molecule has 1 aliphatic rings. The zero-order chi connectivity index (χ0) is 14.4. The lowest BCUT2D eigenvalue weighted by Crippen LogP contribution is -2.17. The summed E-state index contributed by atoms with van der Waals surface area (Å²) in [6.45, 7) is 2.41. The Balaban J connectivity index is 2.05. The van der Waals surface area contributed by atoms with E-state index in [1.54, 1.807) is 4.68 Å². The van der Waals surface area contributed by atoms with Gasteiger partial charge >= 0.3 is 0 Å². The zero-order valence-corrected chi connectivity index (χ0v) is 12.0. The van der Waals surface area contributed by atoms with E-state index < -0.39 is 0 Å². The molecule has 0 saturated heterocycles. The highest BCUT2D eigenvalue weighted by atomic mass is 15.4. The minimum atomic E-state index is 0.180. The largest absolute Gasteiger partial charge is 0.234 e. The molecule has 106 valence electrons. The molecular weight excluding hydrogens is 250 g/mol. The molecule has 5 heteroatoms. The molecule has 1 aliphatic carbocycles. The van der Waals surface area contributed by atoms with Crippen LogP contribution >= 0.6 is 0 Å². The van der Waals surface area contributed by atoms with Crippen molar-refractivity contribution in [2.45, 2.75) is 64.3 Å². The first-order chi connectivity index (χ1) is 9.80. The minimum absolute atomic E-state index is 0.180. The number of rotatable bonds is 5. The second kappa shape index (κ2) is 7.05. The molecule has 1 aromatic heterocycles. The van der Waals surface area contributed by atoms with Gasteiger partial charge in [-0.2, -0.15) is 10.5 Å². The molecule has 20 heavy (non-hydrogen) atoms. The topological polar surface area (TPSA) is 78.3 Å². The molecule has 1 saturated carbocycles. The average molecular weight is 271 g/mol. The van der Waals surface area contributed by atoms with Crippen molar-refractivity contribution in [3.05, 3.63) is 11.4 Å². The molecule has 0 radical (unpaired) electrons. The van der Waals surface area contributed by atoms with Crippen molar-refractivity contribution in [1.29, 1.82) is 10.5 Å². The highest BCUT2D eigenvalue weighted by molar-refractivity contribution is 5.28. The number of hydrogen-bond donors (Lipinski definition) is 0. The van der Waals surface area contributed by atoms with Crippen LogP contribution in [0.1, 0.15) is 69.2 Å². The number of unbranched alkanes of at least 4 members (excludes halogenated alkanes) is 1. The molecule has 0 N–H and O–H groups in total. The van der Waals surface area contributed by atoms with E-state index in [0.29, 0.717) is 11.6 Å². The number of aromatic nitrogens is 3. The SMILES string of the molecule is CCCCC1CCC(c2c(C#N)nnn2CC#N)CC1. The fourth-order valence-electron chi connectivity index (χ4n) is 3.21. The van der Waals surface area contributed by atoms with E-state index >= 15 is 0 Å². The summed E-state index contributed by atoms with van der Waals surface area (Å²) in [4.78, 5) is 0. The van der Waals surface area contributed by atoms with E-state index in [4.69, 9.17) is 10.5 Å². The lowest BCUT2D eigenvalue weighted by atomic mass is 9.78. The maximum Gasteiger partial charge on any atom is 0.186 e. The van der Waals surface area contributed by atoms with Gasteiger partial charge in [-0.1, -0.05) is 31.4 Å². The molecule has 0 atom stereocenters. The number of nitriles is 2. The van der Waals surface area contributed by atoms with Crippen molar-refractivity contribution in [2.24, 2.45) is 5.92 Å². The van der Waals surface area contributed by atoms with Crippen LogP contribution in [0.2, 0.25) is 0 Å². The second-order valence-electron chi connectivity index (χ2n) is 5.61. The van der Waals surface area contributed by atoms with Gasteiger partial charge in [0.1, 0.15) is 12.6 Å². The molecule has 0 aliphatic heterocycles. The third-order valence-electron chi connectivity index (χ3n) is 4.30. The van der Waals surface area contributed by atoms with Gasteiger partial charge in [-0.25, -0.2) is 4.68 Å². The van der Waals surface area contributed by atoms with Crippen molar-refractivity contribution < 1.29 is 0 Å². The van der Waals surface area contributed by atoms with Crippen LogP contribution in [-0.4, -0.2) is 15.0 Å². The standard InChI is InChI=1S/C15H21N5/c1-2-3-4-12-5-7-13(8-6-12)15-14(11-17)18-19-20(15)10-9-16/h12-13H,2-8,10H2,1H3. The molecule has 0 aromatic carbocycles. The summed E-state index contributed by atoms with van der Waals surface area (Å²) in [7, 11) is 0.